The molecule has 9 heteroatoms. The Morgan fingerprint density at radius 1 is 1.00 bits per heavy atom. The van der Waals surface area contributed by atoms with Crippen molar-refractivity contribution < 1.29 is 19.1 Å². The van der Waals surface area contributed by atoms with E-state index in [1.807, 2.05) is 0 Å². The van der Waals surface area contributed by atoms with Gasteiger partial charge in [-0.05, 0) is 37.1 Å². The maximum Gasteiger partial charge on any atom is 0.303 e. The molecule has 1 aromatic heterocycles. The molecular weight excluding hydrogens is 513 g/mol. The molecular formula is C25H27Cl2NO4S2. The lowest BCUT2D eigenvalue weighted by Crippen LogP contribution is -2.29. The van der Waals surface area contributed by atoms with Gasteiger partial charge in [-0.25, -0.2) is 0 Å². The summed E-state index contributed by atoms with van der Waals surface area (Å²) in [5, 5.41) is 9.63. The molecule has 1 saturated heterocycles. The second kappa shape index (κ2) is 13.3. The minimum Gasteiger partial charge on any atom is -0.481 e. The van der Waals surface area contributed by atoms with E-state index in [1.54, 1.807) is 41.3 Å². The number of rotatable bonds is 13. The summed E-state index contributed by atoms with van der Waals surface area (Å²) in [4.78, 5) is 25.5. The molecule has 1 aliphatic rings. The molecule has 1 amide bonds. The topological polar surface area (TPSA) is 70.8 Å². The van der Waals surface area contributed by atoms with Crippen LogP contribution in [0.25, 0.3) is 17.4 Å². The number of furan rings is 1. The first kappa shape index (κ1) is 26.8. The summed E-state index contributed by atoms with van der Waals surface area (Å²) in [6.07, 6.45) is 10.0. The molecule has 1 fully saturated rings. The van der Waals surface area contributed by atoms with Gasteiger partial charge >= 0.3 is 5.97 Å². The van der Waals surface area contributed by atoms with Gasteiger partial charge in [0, 0.05) is 19.0 Å². The third-order valence-corrected chi connectivity index (χ3v) is 7.51. The van der Waals surface area contributed by atoms with Crippen molar-refractivity contribution in [1.29, 1.82) is 0 Å². The maximum absolute atomic E-state index is 12.8. The van der Waals surface area contributed by atoms with Crippen molar-refractivity contribution >= 4 is 69.5 Å². The first-order valence-corrected chi connectivity index (χ1v) is 13.4. The maximum atomic E-state index is 12.8. The number of halogens is 2. The fourth-order valence-electron chi connectivity index (χ4n) is 3.73. The van der Waals surface area contributed by atoms with Gasteiger partial charge in [0.15, 0.2) is 0 Å². The van der Waals surface area contributed by atoms with Gasteiger partial charge in [-0.2, -0.15) is 0 Å². The van der Waals surface area contributed by atoms with Crippen LogP contribution in [0.4, 0.5) is 0 Å². The van der Waals surface area contributed by atoms with Gasteiger partial charge in [0.05, 0.1) is 20.5 Å². The van der Waals surface area contributed by atoms with E-state index >= 15 is 0 Å². The highest BCUT2D eigenvalue weighted by molar-refractivity contribution is 8.26. The second-order valence-corrected chi connectivity index (χ2v) is 10.6. The standard InChI is InChI=1S/C25H27Cl2NO4S2/c26-18-10-9-11-19(27)23(18)20-14-13-17(32-20)16-21-24(31)28(25(33)34-21)15-8-6-4-2-1-3-5-7-12-22(29)30/h9-11,13-14,16H,1-8,12,15H2,(H,29,30)/b21-16+. The van der Waals surface area contributed by atoms with E-state index in [4.69, 9.17) is 44.9 Å². The normalized spacial score (nSPS) is 15.0. The third kappa shape index (κ3) is 7.60. The zero-order valence-corrected chi connectivity index (χ0v) is 21.9. The molecule has 0 spiro atoms. The number of carboxylic acid groups (broad SMARTS) is 1. The number of benzene rings is 1. The smallest absolute Gasteiger partial charge is 0.303 e. The number of thiocarbonyl (C=S) groups is 1. The highest BCUT2D eigenvalue weighted by Gasteiger charge is 2.31. The Bertz CT molecular complexity index is 1050. The van der Waals surface area contributed by atoms with E-state index in [1.165, 1.54) is 11.8 Å². The van der Waals surface area contributed by atoms with Crippen molar-refractivity contribution in [2.45, 2.75) is 57.8 Å². The Morgan fingerprint density at radius 2 is 1.62 bits per heavy atom. The zero-order chi connectivity index (χ0) is 24.5. The fourth-order valence-corrected chi connectivity index (χ4v) is 5.60. The number of thioether (sulfide) groups is 1. The lowest BCUT2D eigenvalue weighted by Gasteiger charge is -2.14. The van der Waals surface area contributed by atoms with Crippen LogP contribution in [0.3, 0.4) is 0 Å². The van der Waals surface area contributed by atoms with Crippen LogP contribution >= 0.6 is 47.2 Å². The van der Waals surface area contributed by atoms with Crippen LogP contribution in [0.1, 0.15) is 63.5 Å². The Labute approximate surface area is 219 Å². The molecule has 34 heavy (non-hydrogen) atoms. The number of unbranched alkanes of at least 4 members (excludes halogenated alkanes) is 7. The number of amides is 1. The monoisotopic (exact) mass is 539 g/mol. The summed E-state index contributed by atoms with van der Waals surface area (Å²) in [5.74, 6) is 0.262. The molecule has 0 saturated carbocycles. The molecule has 0 radical (unpaired) electrons. The quantitative estimate of drug-likeness (QED) is 0.157. The van der Waals surface area contributed by atoms with Gasteiger partial charge in [0.2, 0.25) is 0 Å². The number of carbonyl (C=O) groups is 2. The van der Waals surface area contributed by atoms with E-state index in [9.17, 15) is 9.59 Å². The van der Waals surface area contributed by atoms with Crippen LogP contribution in [-0.2, 0) is 9.59 Å². The average Bonchev–Trinajstić information content (AvgIpc) is 3.34. The summed E-state index contributed by atoms with van der Waals surface area (Å²) in [6.45, 7) is 0.610. The summed E-state index contributed by atoms with van der Waals surface area (Å²) >= 11 is 19.2. The molecule has 0 unspecified atom stereocenters. The van der Waals surface area contributed by atoms with Crippen LogP contribution < -0.4 is 0 Å². The minimum absolute atomic E-state index is 0.0952. The van der Waals surface area contributed by atoms with E-state index in [0.717, 1.165) is 51.4 Å². The number of carboxylic acids is 1. The van der Waals surface area contributed by atoms with Gasteiger partial charge in [-0.1, -0.05) is 91.8 Å². The molecule has 1 aromatic carbocycles. The first-order chi connectivity index (χ1) is 16.4. The lowest BCUT2D eigenvalue weighted by atomic mass is 10.1. The van der Waals surface area contributed by atoms with Crippen LogP contribution in [-0.4, -0.2) is 32.7 Å². The Kier molecular flexibility index (Phi) is 10.5. The molecule has 1 N–H and O–H groups in total. The number of hydrogen-bond donors (Lipinski definition) is 1. The molecule has 2 aromatic rings. The van der Waals surface area contributed by atoms with E-state index in [2.05, 4.69) is 0 Å². The lowest BCUT2D eigenvalue weighted by molar-refractivity contribution is -0.137. The van der Waals surface area contributed by atoms with Crippen molar-refractivity contribution in [2.75, 3.05) is 6.54 Å². The molecule has 2 heterocycles. The second-order valence-electron chi connectivity index (χ2n) is 8.10. The van der Waals surface area contributed by atoms with Crippen LogP contribution in [0.15, 0.2) is 39.7 Å². The number of aliphatic carboxylic acids is 1. The molecule has 0 atom stereocenters. The van der Waals surface area contributed by atoms with E-state index < -0.39 is 5.97 Å². The van der Waals surface area contributed by atoms with Crippen LogP contribution in [0.2, 0.25) is 10.0 Å². The molecule has 0 aliphatic carbocycles. The van der Waals surface area contributed by atoms with Gasteiger partial charge in [-0.15, -0.1) is 0 Å². The third-order valence-electron chi connectivity index (χ3n) is 5.51. The molecule has 3 rings (SSSR count). The van der Waals surface area contributed by atoms with Crippen molar-refractivity contribution in [3.05, 3.63) is 51.0 Å². The highest BCUT2D eigenvalue weighted by Crippen LogP contribution is 2.37. The zero-order valence-electron chi connectivity index (χ0n) is 18.7. The predicted octanol–water partition coefficient (Wildman–Crippen LogP) is 8.05. The van der Waals surface area contributed by atoms with Gasteiger partial charge in [-0.3, -0.25) is 14.5 Å². The molecule has 1 aliphatic heterocycles. The largest absolute Gasteiger partial charge is 0.481 e. The van der Waals surface area contributed by atoms with Crippen LogP contribution in [0.5, 0.6) is 0 Å². The summed E-state index contributed by atoms with van der Waals surface area (Å²) in [7, 11) is 0. The van der Waals surface area contributed by atoms with Crippen molar-refractivity contribution in [3.8, 4) is 11.3 Å². The van der Waals surface area contributed by atoms with Crippen molar-refractivity contribution in [2.24, 2.45) is 0 Å². The number of hydrogen-bond acceptors (Lipinski definition) is 5. The predicted molar refractivity (Wildman–Crippen MR) is 143 cm³/mol. The van der Waals surface area contributed by atoms with Gasteiger partial charge < -0.3 is 9.52 Å². The summed E-state index contributed by atoms with van der Waals surface area (Å²) < 4.78 is 6.45. The highest BCUT2D eigenvalue weighted by atomic mass is 35.5. The summed E-state index contributed by atoms with van der Waals surface area (Å²) in [5.41, 5.74) is 0.623. The van der Waals surface area contributed by atoms with Crippen molar-refractivity contribution in [1.82, 2.24) is 4.90 Å². The van der Waals surface area contributed by atoms with Gasteiger partial charge in [0.25, 0.3) is 5.91 Å². The summed E-state index contributed by atoms with van der Waals surface area (Å²) in [6, 6.07) is 8.83. The first-order valence-electron chi connectivity index (χ1n) is 11.4. The Morgan fingerprint density at radius 3 is 2.26 bits per heavy atom. The van der Waals surface area contributed by atoms with Crippen LogP contribution in [0, 0.1) is 0 Å². The molecule has 0 bridgehead atoms. The Hall–Kier alpha value is -1.80. The van der Waals surface area contributed by atoms with E-state index in [-0.39, 0.29) is 12.3 Å². The minimum atomic E-state index is -0.721. The van der Waals surface area contributed by atoms with Gasteiger partial charge in [0.1, 0.15) is 15.8 Å². The Balaban J connectivity index is 1.44. The van der Waals surface area contributed by atoms with Crippen molar-refractivity contribution in [3.63, 3.8) is 0 Å². The fraction of sp³-hybridized carbons (Fsp3) is 0.400. The number of nitrogens with zero attached hydrogens (tertiary/aromatic N) is 1. The number of carbonyl (C=O) groups excluding carboxylic acids is 1. The molecule has 182 valence electrons. The molecule has 5 nitrogen and oxygen atoms in total. The average molecular weight is 541 g/mol. The van der Waals surface area contributed by atoms with E-state index in [0.29, 0.717) is 42.9 Å². The SMILES string of the molecule is O=C(O)CCCCCCCCCCN1C(=O)/C(=C\c2ccc(-c3c(Cl)cccc3Cl)o2)SC1=S.